The highest BCUT2D eigenvalue weighted by molar-refractivity contribution is 5.31. The Kier molecular flexibility index (Phi) is 5.58. The van der Waals surface area contributed by atoms with Crippen LogP contribution in [0.25, 0.3) is 0 Å². The number of rotatable bonds is 6. The van der Waals surface area contributed by atoms with E-state index in [1.165, 1.54) is 34.2 Å². The van der Waals surface area contributed by atoms with E-state index in [0.29, 0.717) is 6.04 Å². The minimum absolute atomic E-state index is 0.533. The average Bonchev–Trinajstić information content (AvgIpc) is 2.47. The number of benzene rings is 2. The van der Waals surface area contributed by atoms with Crippen LogP contribution in [0.3, 0.4) is 0 Å². The van der Waals surface area contributed by atoms with Crippen LogP contribution in [-0.4, -0.2) is 13.1 Å². The lowest BCUT2D eigenvalue weighted by Crippen LogP contribution is -2.28. The fourth-order valence-electron chi connectivity index (χ4n) is 2.84. The maximum atomic E-state index is 3.48. The molecule has 1 N–H and O–H groups in total. The number of hydrogen-bond donors (Lipinski definition) is 1. The largest absolute Gasteiger partial charge is 0.317 e. The normalized spacial score (nSPS) is 12.4. The predicted molar refractivity (Wildman–Crippen MR) is 92.0 cm³/mol. The van der Waals surface area contributed by atoms with Gasteiger partial charge in [0.25, 0.3) is 0 Å². The lowest BCUT2D eigenvalue weighted by Gasteiger charge is -2.18. The third-order valence-electron chi connectivity index (χ3n) is 4.24. The Hall–Kier alpha value is -1.60. The first kappa shape index (κ1) is 15.8. The molecule has 21 heavy (non-hydrogen) atoms. The molecule has 112 valence electrons. The van der Waals surface area contributed by atoms with E-state index >= 15 is 0 Å². The number of hydrogen-bond acceptors (Lipinski definition) is 1. The van der Waals surface area contributed by atoms with Gasteiger partial charge < -0.3 is 5.32 Å². The summed E-state index contributed by atoms with van der Waals surface area (Å²) in [6.45, 7) is 6.54. The molecule has 2 aromatic rings. The molecule has 1 atom stereocenters. The monoisotopic (exact) mass is 281 g/mol. The molecule has 0 amide bonds. The van der Waals surface area contributed by atoms with Gasteiger partial charge in [0.2, 0.25) is 0 Å². The second-order valence-electron chi connectivity index (χ2n) is 6.15. The van der Waals surface area contributed by atoms with Gasteiger partial charge in [-0.15, -0.1) is 0 Å². The molecule has 0 aromatic heterocycles. The van der Waals surface area contributed by atoms with Crippen molar-refractivity contribution in [2.45, 2.75) is 46.1 Å². The Morgan fingerprint density at radius 2 is 1.71 bits per heavy atom. The highest BCUT2D eigenvalue weighted by atomic mass is 14.9. The maximum Gasteiger partial charge on any atom is 0.0108 e. The fraction of sp³-hybridized carbons (Fsp3) is 0.400. The first-order valence-electron chi connectivity index (χ1n) is 7.87. The number of aryl methyl sites for hydroxylation is 4. The lowest BCUT2D eigenvalue weighted by molar-refractivity contribution is 0.519. The Morgan fingerprint density at radius 1 is 0.952 bits per heavy atom. The van der Waals surface area contributed by atoms with E-state index in [4.69, 9.17) is 0 Å². The van der Waals surface area contributed by atoms with Gasteiger partial charge in [-0.2, -0.15) is 0 Å². The lowest BCUT2D eigenvalue weighted by atomic mass is 9.95. The molecular weight excluding hydrogens is 254 g/mol. The van der Waals surface area contributed by atoms with Crippen LogP contribution in [0.1, 0.15) is 34.2 Å². The van der Waals surface area contributed by atoms with Crippen LogP contribution in [0.2, 0.25) is 0 Å². The first-order valence-corrected chi connectivity index (χ1v) is 7.87. The molecule has 0 saturated heterocycles. The van der Waals surface area contributed by atoms with Crippen LogP contribution in [0.15, 0.2) is 42.5 Å². The van der Waals surface area contributed by atoms with Gasteiger partial charge in [0.1, 0.15) is 0 Å². The topological polar surface area (TPSA) is 12.0 Å². The second kappa shape index (κ2) is 7.42. The first-order chi connectivity index (χ1) is 10.1. The van der Waals surface area contributed by atoms with Crippen molar-refractivity contribution in [1.29, 1.82) is 0 Å². The van der Waals surface area contributed by atoms with Crippen LogP contribution in [0, 0.1) is 20.8 Å². The Labute approximate surface area is 129 Å². The van der Waals surface area contributed by atoms with Crippen molar-refractivity contribution in [3.8, 4) is 0 Å². The summed E-state index contributed by atoms with van der Waals surface area (Å²) in [7, 11) is 2.08. The molecule has 0 fully saturated rings. The van der Waals surface area contributed by atoms with Gasteiger partial charge in [-0.1, -0.05) is 53.6 Å². The highest BCUT2D eigenvalue weighted by Crippen LogP contribution is 2.15. The minimum atomic E-state index is 0.533. The number of nitrogens with one attached hydrogen (secondary N) is 1. The standard InChI is InChI=1S/C20H27N/c1-15-6-5-7-18(12-15)10-11-20(21-4)14-19-13-16(2)8-9-17(19)3/h5-9,12-13,20-21H,10-11,14H2,1-4H3. The molecule has 2 aromatic carbocycles. The second-order valence-corrected chi connectivity index (χ2v) is 6.15. The Morgan fingerprint density at radius 3 is 2.43 bits per heavy atom. The molecule has 0 aliphatic carbocycles. The van der Waals surface area contributed by atoms with Crippen LogP contribution >= 0.6 is 0 Å². The molecule has 0 bridgehead atoms. The van der Waals surface area contributed by atoms with Gasteiger partial charge in [-0.3, -0.25) is 0 Å². The van der Waals surface area contributed by atoms with E-state index in [2.05, 4.69) is 75.6 Å². The average molecular weight is 281 g/mol. The highest BCUT2D eigenvalue weighted by Gasteiger charge is 2.09. The molecule has 0 aliphatic heterocycles. The summed E-state index contributed by atoms with van der Waals surface area (Å²) in [4.78, 5) is 0. The molecule has 0 radical (unpaired) electrons. The van der Waals surface area contributed by atoms with E-state index in [1.54, 1.807) is 0 Å². The molecule has 1 heteroatoms. The van der Waals surface area contributed by atoms with Crippen molar-refractivity contribution in [3.05, 3.63) is 70.3 Å². The van der Waals surface area contributed by atoms with E-state index < -0.39 is 0 Å². The van der Waals surface area contributed by atoms with E-state index in [9.17, 15) is 0 Å². The summed E-state index contributed by atoms with van der Waals surface area (Å²) < 4.78 is 0. The molecule has 0 saturated carbocycles. The van der Waals surface area contributed by atoms with Crippen LogP contribution in [0.4, 0.5) is 0 Å². The summed E-state index contributed by atoms with van der Waals surface area (Å²) in [6, 6.07) is 16.1. The smallest absolute Gasteiger partial charge is 0.0108 e. The fourth-order valence-corrected chi connectivity index (χ4v) is 2.84. The third kappa shape index (κ3) is 4.71. The Balaban J connectivity index is 1.98. The van der Waals surface area contributed by atoms with Gasteiger partial charge in [-0.25, -0.2) is 0 Å². The summed E-state index contributed by atoms with van der Waals surface area (Å²) in [6.07, 6.45) is 3.42. The van der Waals surface area contributed by atoms with Gasteiger partial charge in [0.05, 0.1) is 0 Å². The molecule has 0 heterocycles. The van der Waals surface area contributed by atoms with Crippen molar-refractivity contribution in [2.75, 3.05) is 7.05 Å². The molecule has 1 nitrogen and oxygen atoms in total. The van der Waals surface area contributed by atoms with Gasteiger partial charge in [-0.05, 0) is 63.8 Å². The summed E-state index contributed by atoms with van der Waals surface area (Å²) in [5.41, 5.74) is 7.01. The quantitative estimate of drug-likeness (QED) is 0.829. The molecule has 0 aliphatic rings. The van der Waals surface area contributed by atoms with Crippen molar-refractivity contribution >= 4 is 0 Å². The van der Waals surface area contributed by atoms with Gasteiger partial charge >= 0.3 is 0 Å². The van der Waals surface area contributed by atoms with Crippen LogP contribution in [-0.2, 0) is 12.8 Å². The third-order valence-corrected chi connectivity index (χ3v) is 4.24. The zero-order valence-electron chi connectivity index (χ0n) is 13.7. The van der Waals surface area contributed by atoms with Crippen LogP contribution in [0.5, 0.6) is 0 Å². The SMILES string of the molecule is CNC(CCc1cccc(C)c1)Cc1cc(C)ccc1C. The molecular formula is C20H27N. The number of likely N-dealkylation sites (N-methyl/N-ethyl adjacent to an activating group) is 1. The zero-order chi connectivity index (χ0) is 15.2. The van der Waals surface area contributed by atoms with Crippen molar-refractivity contribution in [3.63, 3.8) is 0 Å². The van der Waals surface area contributed by atoms with Crippen molar-refractivity contribution in [2.24, 2.45) is 0 Å². The van der Waals surface area contributed by atoms with Crippen molar-refractivity contribution in [1.82, 2.24) is 5.32 Å². The van der Waals surface area contributed by atoms with Gasteiger partial charge in [0.15, 0.2) is 0 Å². The predicted octanol–water partition coefficient (Wildman–Crippen LogP) is 4.38. The maximum absolute atomic E-state index is 3.48. The molecule has 2 rings (SSSR count). The van der Waals surface area contributed by atoms with Gasteiger partial charge in [0, 0.05) is 6.04 Å². The van der Waals surface area contributed by atoms with E-state index in [0.717, 1.165) is 12.8 Å². The summed E-state index contributed by atoms with van der Waals surface area (Å²) in [5, 5.41) is 3.48. The zero-order valence-corrected chi connectivity index (χ0v) is 13.7. The molecule has 1 unspecified atom stereocenters. The minimum Gasteiger partial charge on any atom is -0.317 e. The van der Waals surface area contributed by atoms with E-state index in [-0.39, 0.29) is 0 Å². The summed E-state index contributed by atoms with van der Waals surface area (Å²) in [5.74, 6) is 0. The van der Waals surface area contributed by atoms with E-state index in [1.807, 2.05) is 0 Å². The molecule has 0 spiro atoms. The van der Waals surface area contributed by atoms with Crippen LogP contribution < -0.4 is 5.32 Å². The Bertz CT molecular complexity index is 586. The van der Waals surface area contributed by atoms with Crippen molar-refractivity contribution < 1.29 is 0 Å². The summed E-state index contributed by atoms with van der Waals surface area (Å²) >= 11 is 0.